The van der Waals surface area contributed by atoms with Crippen LogP contribution in [-0.2, 0) is 4.57 Å². The fraction of sp³-hybridized carbons (Fsp3) is 0.333. The maximum atomic E-state index is 10.6. The lowest BCUT2D eigenvalue weighted by atomic mass is 10.0. The first-order valence-corrected chi connectivity index (χ1v) is 5.76. The number of halogens is 1. The summed E-state index contributed by atoms with van der Waals surface area (Å²) < 4.78 is 10.6. The Bertz CT molecular complexity index is 297. The molecule has 2 nitrogen and oxygen atoms in total. The molecule has 1 aromatic rings. The minimum absolute atomic E-state index is 0.103. The molecule has 1 aromatic carbocycles. The predicted molar refractivity (Wildman–Crippen MR) is 54.6 cm³/mol. The first kappa shape index (κ1) is 10.6. The molecule has 13 heavy (non-hydrogen) atoms. The fourth-order valence-electron chi connectivity index (χ4n) is 1.13. The van der Waals surface area contributed by atoms with Gasteiger partial charge in [-0.05, 0) is 22.3 Å². The van der Waals surface area contributed by atoms with Gasteiger partial charge in [-0.25, -0.2) is 0 Å². The van der Waals surface area contributed by atoms with Crippen molar-refractivity contribution in [3.05, 3.63) is 34.9 Å². The molecular formula is C9H11ClO2P+. The Kier molecular flexibility index (Phi) is 3.86. The van der Waals surface area contributed by atoms with E-state index < -0.39 is 8.03 Å². The summed E-state index contributed by atoms with van der Waals surface area (Å²) in [4.78, 5) is 8.72. The Morgan fingerprint density at radius 2 is 2.00 bits per heavy atom. The van der Waals surface area contributed by atoms with Gasteiger partial charge in [-0.1, -0.05) is 30.7 Å². The van der Waals surface area contributed by atoms with Gasteiger partial charge in [0, 0.05) is 10.9 Å². The summed E-state index contributed by atoms with van der Waals surface area (Å²) in [6, 6.07) is 7.34. The fourth-order valence-corrected chi connectivity index (χ4v) is 1.94. The maximum absolute atomic E-state index is 10.6. The molecule has 0 aliphatic carbocycles. The van der Waals surface area contributed by atoms with Crippen LogP contribution in [0.4, 0.5) is 0 Å². The van der Waals surface area contributed by atoms with E-state index in [0.29, 0.717) is 11.2 Å². The molecule has 0 saturated heterocycles. The van der Waals surface area contributed by atoms with E-state index >= 15 is 0 Å². The van der Waals surface area contributed by atoms with Crippen LogP contribution in [0, 0.1) is 0 Å². The van der Waals surface area contributed by atoms with E-state index in [-0.39, 0.29) is 5.92 Å². The van der Waals surface area contributed by atoms with Crippen LogP contribution < -0.4 is 0 Å². The standard InChI is InChI=1S/C9H10ClO2P/c1-7(6-13(11)12)8-2-4-9(10)5-3-8/h2-5,7H,6H2,1H3/p+1. The van der Waals surface area contributed by atoms with Crippen molar-refractivity contribution in [1.82, 2.24) is 0 Å². The lowest BCUT2D eigenvalue weighted by Crippen LogP contribution is -1.95. The molecule has 0 radical (unpaired) electrons. The van der Waals surface area contributed by atoms with Crippen molar-refractivity contribution in [1.29, 1.82) is 0 Å². The molecular weight excluding hydrogens is 207 g/mol. The van der Waals surface area contributed by atoms with Crippen LogP contribution in [0.5, 0.6) is 0 Å². The molecule has 0 aromatic heterocycles. The maximum Gasteiger partial charge on any atom is 0.506 e. The smallest absolute Gasteiger partial charge is 0.161 e. The quantitative estimate of drug-likeness (QED) is 0.790. The van der Waals surface area contributed by atoms with Crippen LogP contribution in [0.25, 0.3) is 0 Å². The highest BCUT2D eigenvalue weighted by Gasteiger charge is 2.18. The Balaban J connectivity index is 2.71. The third-order valence-corrected chi connectivity index (χ3v) is 2.98. The summed E-state index contributed by atoms with van der Waals surface area (Å²) in [5, 5.41) is 0.685. The summed E-state index contributed by atoms with van der Waals surface area (Å²) >= 11 is 5.72. The van der Waals surface area contributed by atoms with E-state index in [1.807, 2.05) is 19.1 Å². The summed E-state index contributed by atoms with van der Waals surface area (Å²) in [5.41, 5.74) is 1.04. The van der Waals surface area contributed by atoms with Crippen molar-refractivity contribution < 1.29 is 9.46 Å². The highest BCUT2D eigenvalue weighted by atomic mass is 35.5. The van der Waals surface area contributed by atoms with Crippen LogP contribution in [0.1, 0.15) is 18.4 Å². The number of hydrogen-bond donors (Lipinski definition) is 1. The second-order valence-electron chi connectivity index (χ2n) is 2.99. The first-order chi connectivity index (χ1) is 6.09. The zero-order valence-electron chi connectivity index (χ0n) is 7.27. The molecule has 0 bridgehead atoms. The largest absolute Gasteiger partial charge is 0.506 e. The zero-order valence-corrected chi connectivity index (χ0v) is 8.92. The predicted octanol–water partition coefficient (Wildman–Crippen LogP) is 3.18. The number of hydrogen-bond acceptors (Lipinski definition) is 1. The second-order valence-corrected chi connectivity index (χ2v) is 4.49. The molecule has 1 N–H and O–H groups in total. The van der Waals surface area contributed by atoms with E-state index in [1.165, 1.54) is 0 Å². The van der Waals surface area contributed by atoms with E-state index in [9.17, 15) is 4.57 Å². The normalized spacial score (nSPS) is 13.9. The molecule has 0 heterocycles. The molecule has 0 spiro atoms. The molecule has 70 valence electrons. The SMILES string of the molecule is CC(C[P+](=O)O)c1ccc(Cl)cc1. The zero-order chi connectivity index (χ0) is 9.84. The molecule has 2 atom stereocenters. The molecule has 4 heteroatoms. The van der Waals surface area contributed by atoms with Crippen molar-refractivity contribution in [2.45, 2.75) is 12.8 Å². The first-order valence-electron chi connectivity index (χ1n) is 3.98. The average molecular weight is 218 g/mol. The Hall–Kier alpha value is -0.430. The molecule has 2 unspecified atom stereocenters. The summed E-state index contributed by atoms with van der Waals surface area (Å²) in [6.07, 6.45) is 0.303. The van der Waals surface area contributed by atoms with Crippen LogP contribution >= 0.6 is 19.6 Å². The Morgan fingerprint density at radius 1 is 1.46 bits per heavy atom. The summed E-state index contributed by atoms with van der Waals surface area (Å²) in [7, 11) is -2.05. The number of rotatable bonds is 3. The van der Waals surface area contributed by atoms with Crippen molar-refractivity contribution in [3.8, 4) is 0 Å². The third-order valence-electron chi connectivity index (χ3n) is 1.87. The third kappa shape index (κ3) is 3.43. The Morgan fingerprint density at radius 3 is 2.46 bits per heavy atom. The van der Waals surface area contributed by atoms with E-state index in [0.717, 1.165) is 5.56 Å². The van der Waals surface area contributed by atoms with E-state index in [2.05, 4.69) is 0 Å². The summed E-state index contributed by atoms with van der Waals surface area (Å²) in [6.45, 7) is 1.92. The van der Waals surface area contributed by atoms with Gasteiger partial charge in [0.1, 0.15) is 0 Å². The molecule has 0 aliphatic rings. The van der Waals surface area contributed by atoms with Crippen LogP contribution in [0.15, 0.2) is 24.3 Å². The van der Waals surface area contributed by atoms with Gasteiger partial charge in [-0.2, -0.15) is 4.89 Å². The van der Waals surface area contributed by atoms with Gasteiger partial charge in [0.2, 0.25) is 0 Å². The molecule has 1 rings (SSSR count). The minimum Gasteiger partial charge on any atom is -0.161 e. The van der Waals surface area contributed by atoms with Crippen LogP contribution in [-0.4, -0.2) is 11.1 Å². The average Bonchev–Trinajstić information content (AvgIpc) is 2.04. The van der Waals surface area contributed by atoms with Gasteiger partial charge in [0.15, 0.2) is 6.16 Å². The van der Waals surface area contributed by atoms with E-state index in [4.69, 9.17) is 16.5 Å². The van der Waals surface area contributed by atoms with Crippen LogP contribution in [0.3, 0.4) is 0 Å². The molecule has 0 fully saturated rings. The summed E-state index contributed by atoms with van der Waals surface area (Å²) in [5.74, 6) is 0.103. The lowest BCUT2D eigenvalue weighted by Gasteiger charge is -2.04. The molecule has 0 aliphatic heterocycles. The van der Waals surface area contributed by atoms with Gasteiger partial charge in [-0.15, -0.1) is 0 Å². The van der Waals surface area contributed by atoms with Crippen molar-refractivity contribution >= 4 is 19.6 Å². The highest BCUT2D eigenvalue weighted by Crippen LogP contribution is 2.26. The minimum atomic E-state index is -2.05. The van der Waals surface area contributed by atoms with Crippen LogP contribution in [0.2, 0.25) is 5.02 Å². The van der Waals surface area contributed by atoms with Gasteiger partial charge >= 0.3 is 8.03 Å². The van der Waals surface area contributed by atoms with Crippen molar-refractivity contribution in [3.63, 3.8) is 0 Å². The van der Waals surface area contributed by atoms with Crippen molar-refractivity contribution in [2.24, 2.45) is 0 Å². The monoisotopic (exact) mass is 217 g/mol. The van der Waals surface area contributed by atoms with Crippen molar-refractivity contribution in [2.75, 3.05) is 6.16 Å². The highest BCUT2D eigenvalue weighted by molar-refractivity contribution is 7.38. The van der Waals surface area contributed by atoms with Gasteiger partial charge in [0.25, 0.3) is 0 Å². The number of benzene rings is 1. The van der Waals surface area contributed by atoms with E-state index in [1.54, 1.807) is 12.1 Å². The van der Waals surface area contributed by atoms with Gasteiger partial charge in [0.05, 0.1) is 0 Å². The van der Waals surface area contributed by atoms with Gasteiger partial charge < -0.3 is 0 Å². The lowest BCUT2D eigenvalue weighted by molar-refractivity contribution is 0.499. The van der Waals surface area contributed by atoms with Gasteiger partial charge in [-0.3, -0.25) is 0 Å². The molecule has 0 saturated carbocycles. The molecule has 0 amide bonds. The Labute approximate surface area is 83.4 Å². The second kappa shape index (κ2) is 4.71. The topological polar surface area (TPSA) is 37.3 Å².